The Morgan fingerprint density at radius 1 is 1.56 bits per heavy atom. The standard InChI is InChI=1S/C12H23NO3/c1-9-5-6-13(10(2)7-9)12(3,8-16-4)11(14)15/h9-10H,5-8H2,1-4H3,(H,14,15). The smallest absolute Gasteiger partial charge is 0.326 e. The van der Waals surface area contributed by atoms with E-state index in [9.17, 15) is 9.90 Å². The van der Waals surface area contributed by atoms with Crippen molar-refractivity contribution in [3.05, 3.63) is 0 Å². The van der Waals surface area contributed by atoms with Crippen molar-refractivity contribution in [2.75, 3.05) is 20.3 Å². The van der Waals surface area contributed by atoms with Crippen molar-refractivity contribution in [3.63, 3.8) is 0 Å². The maximum Gasteiger partial charge on any atom is 0.326 e. The molecule has 0 spiro atoms. The predicted octanol–water partition coefficient (Wildman–Crippen LogP) is 1.60. The zero-order valence-corrected chi connectivity index (χ0v) is 10.7. The second-order valence-electron chi connectivity index (χ2n) is 5.18. The van der Waals surface area contributed by atoms with Crippen LogP contribution in [0.2, 0.25) is 0 Å². The number of hydrogen-bond acceptors (Lipinski definition) is 3. The van der Waals surface area contributed by atoms with Crippen LogP contribution >= 0.6 is 0 Å². The SMILES string of the molecule is COCC(C)(C(=O)O)N1CCC(C)CC1C. The second-order valence-corrected chi connectivity index (χ2v) is 5.18. The van der Waals surface area contributed by atoms with Crippen LogP contribution in [0.1, 0.15) is 33.6 Å². The van der Waals surface area contributed by atoms with Crippen molar-refractivity contribution in [2.24, 2.45) is 5.92 Å². The molecule has 1 aliphatic rings. The van der Waals surface area contributed by atoms with E-state index in [-0.39, 0.29) is 6.61 Å². The highest BCUT2D eigenvalue weighted by Crippen LogP contribution is 2.29. The quantitative estimate of drug-likeness (QED) is 0.795. The summed E-state index contributed by atoms with van der Waals surface area (Å²) >= 11 is 0. The number of hydrogen-bond donors (Lipinski definition) is 1. The highest BCUT2D eigenvalue weighted by molar-refractivity contribution is 5.78. The van der Waals surface area contributed by atoms with Crippen LogP contribution < -0.4 is 0 Å². The van der Waals surface area contributed by atoms with E-state index >= 15 is 0 Å². The molecule has 0 aromatic carbocycles. The molecule has 3 atom stereocenters. The number of piperidine rings is 1. The van der Waals surface area contributed by atoms with Gasteiger partial charge in [0.15, 0.2) is 0 Å². The van der Waals surface area contributed by atoms with E-state index in [0.29, 0.717) is 12.0 Å². The Bertz CT molecular complexity index is 257. The summed E-state index contributed by atoms with van der Waals surface area (Å²) in [5.41, 5.74) is -0.895. The van der Waals surface area contributed by atoms with Crippen molar-refractivity contribution < 1.29 is 14.6 Å². The zero-order chi connectivity index (χ0) is 12.3. The van der Waals surface area contributed by atoms with Gasteiger partial charge in [0.25, 0.3) is 0 Å². The van der Waals surface area contributed by atoms with Crippen LogP contribution in [0.3, 0.4) is 0 Å². The van der Waals surface area contributed by atoms with Crippen LogP contribution in [0.5, 0.6) is 0 Å². The first-order chi connectivity index (χ1) is 7.41. The van der Waals surface area contributed by atoms with Crippen LogP contribution in [0.25, 0.3) is 0 Å². The highest BCUT2D eigenvalue weighted by Gasteiger charge is 2.43. The molecule has 94 valence electrons. The van der Waals surface area contributed by atoms with Gasteiger partial charge in [0, 0.05) is 13.2 Å². The molecule has 1 N–H and O–H groups in total. The molecule has 1 heterocycles. The van der Waals surface area contributed by atoms with Crippen LogP contribution in [-0.4, -0.2) is 47.8 Å². The number of aliphatic carboxylic acids is 1. The molecule has 0 amide bonds. The molecule has 1 rings (SSSR count). The minimum absolute atomic E-state index is 0.237. The summed E-state index contributed by atoms with van der Waals surface area (Å²) in [6, 6.07) is 0.306. The Kier molecular flexibility index (Phi) is 4.33. The molecule has 0 bridgehead atoms. The minimum Gasteiger partial charge on any atom is -0.480 e. The lowest BCUT2D eigenvalue weighted by Crippen LogP contribution is -2.60. The molecule has 4 heteroatoms. The first-order valence-corrected chi connectivity index (χ1v) is 5.91. The van der Waals surface area contributed by atoms with Crippen molar-refractivity contribution in [1.29, 1.82) is 0 Å². The molecule has 0 radical (unpaired) electrons. The normalized spacial score (nSPS) is 31.0. The lowest BCUT2D eigenvalue weighted by molar-refractivity contribution is -0.158. The molecular formula is C12H23NO3. The maximum absolute atomic E-state index is 11.4. The summed E-state index contributed by atoms with van der Waals surface area (Å²) in [5, 5.41) is 9.38. The summed E-state index contributed by atoms with van der Waals surface area (Å²) in [4.78, 5) is 13.5. The zero-order valence-electron chi connectivity index (χ0n) is 10.7. The molecule has 1 fully saturated rings. The average molecular weight is 229 g/mol. The van der Waals surface area contributed by atoms with Gasteiger partial charge < -0.3 is 9.84 Å². The predicted molar refractivity (Wildman–Crippen MR) is 62.5 cm³/mol. The summed E-state index contributed by atoms with van der Waals surface area (Å²) in [7, 11) is 1.55. The first-order valence-electron chi connectivity index (χ1n) is 5.91. The van der Waals surface area contributed by atoms with Gasteiger partial charge in [0.1, 0.15) is 5.54 Å². The van der Waals surface area contributed by atoms with Gasteiger partial charge in [-0.1, -0.05) is 6.92 Å². The van der Waals surface area contributed by atoms with Gasteiger partial charge in [-0.05, 0) is 39.2 Å². The van der Waals surface area contributed by atoms with E-state index < -0.39 is 11.5 Å². The van der Waals surface area contributed by atoms with Gasteiger partial charge in [0.05, 0.1) is 6.61 Å². The molecule has 0 aromatic rings. The molecule has 0 aliphatic carbocycles. The number of carboxylic acids is 1. The number of carboxylic acid groups (broad SMARTS) is 1. The summed E-state index contributed by atoms with van der Waals surface area (Å²) in [6.45, 7) is 7.16. The Balaban J connectivity index is 2.82. The molecule has 4 nitrogen and oxygen atoms in total. The minimum atomic E-state index is -0.895. The third kappa shape index (κ3) is 2.55. The molecule has 3 unspecified atom stereocenters. The van der Waals surface area contributed by atoms with Crippen LogP contribution in [0.15, 0.2) is 0 Å². The fraction of sp³-hybridized carbons (Fsp3) is 0.917. The van der Waals surface area contributed by atoms with E-state index in [1.165, 1.54) is 0 Å². The largest absolute Gasteiger partial charge is 0.480 e. The molecule has 0 aromatic heterocycles. The van der Waals surface area contributed by atoms with E-state index in [1.54, 1.807) is 14.0 Å². The van der Waals surface area contributed by atoms with E-state index in [0.717, 1.165) is 19.4 Å². The van der Waals surface area contributed by atoms with Crippen LogP contribution in [-0.2, 0) is 9.53 Å². The number of nitrogens with zero attached hydrogens (tertiary/aromatic N) is 1. The van der Waals surface area contributed by atoms with Crippen molar-refractivity contribution >= 4 is 5.97 Å². The second kappa shape index (κ2) is 5.15. The fourth-order valence-corrected chi connectivity index (χ4v) is 2.69. The summed E-state index contributed by atoms with van der Waals surface area (Å²) in [5.74, 6) is -0.109. The van der Waals surface area contributed by atoms with Gasteiger partial charge in [-0.15, -0.1) is 0 Å². The third-order valence-electron chi connectivity index (χ3n) is 3.66. The molecule has 0 saturated carbocycles. The lowest BCUT2D eigenvalue weighted by Gasteiger charge is -2.45. The number of ether oxygens (including phenoxy) is 1. The number of methoxy groups -OCH3 is 1. The van der Waals surface area contributed by atoms with Gasteiger partial charge >= 0.3 is 5.97 Å². The Labute approximate surface area is 97.6 Å². The topological polar surface area (TPSA) is 49.8 Å². The van der Waals surface area contributed by atoms with Gasteiger partial charge in [-0.25, -0.2) is 0 Å². The number of rotatable bonds is 4. The Morgan fingerprint density at radius 3 is 2.62 bits per heavy atom. The molecule has 1 saturated heterocycles. The van der Waals surface area contributed by atoms with Crippen molar-refractivity contribution in [2.45, 2.75) is 45.2 Å². The Morgan fingerprint density at radius 2 is 2.19 bits per heavy atom. The monoisotopic (exact) mass is 229 g/mol. The van der Waals surface area contributed by atoms with E-state index in [4.69, 9.17) is 4.74 Å². The maximum atomic E-state index is 11.4. The number of carbonyl (C=O) groups is 1. The highest BCUT2D eigenvalue weighted by atomic mass is 16.5. The molecular weight excluding hydrogens is 206 g/mol. The van der Waals surface area contributed by atoms with Crippen LogP contribution in [0, 0.1) is 5.92 Å². The van der Waals surface area contributed by atoms with E-state index in [2.05, 4.69) is 18.7 Å². The molecule has 16 heavy (non-hydrogen) atoms. The summed E-state index contributed by atoms with van der Waals surface area (Å²) < 4.78 is 5.07. The van der Waals surface area contributed by atoms with Crippen molar-refractivity contribution in [1.82, 2.24) is 4.90 Å². The van der Waals surface area contributed by atoms with E-state index in [1.807, 2.05) is 0 Å². The Hall–Kier alpha value is -0.610. The molecule has 1 aliphatic heterocycles. The van der Waals surface area contributed by atoms with Crippen LogP contribution in [0.4, 0.5) is 0 Å². The van der Waals surface area contributed by atoms with Gasteiger partial charge in [-0.2, -0.15) is 0 Å². The first kappa shape index (κ1) is 13.5. The van der Waals surface area contributed by atoms with Crippen molar-refractivity contribution in [3.8, 4) is 0 Å². The fourth-order valence-electron chi connectivity index (χ4n) is 2.69. The lowest BCUT2D eigenvalue weighted by atomic mass is 9.88. The van der Waals surface area contributed by atoms with Gasteiger partial charge in [-0.3, -0.25) is 9.69 Å². The summed E-state index contributed by atoms with van der Waals surface area (Å²) in [6.07, 6.45) is 2.13. The average Bonchev–Trinajstić information content (AvgIpc) is 2.17. The number of likely N-dealkylation sites (tertiary alicyclic amines) is 1. The van der Waals surface area contributed by atoms with Gasteiger partial charge in [0.2, 0.25) is 0 Å². The third-order valence-corrected chi connectivity index (χ3v) is 3.66.